The van der Waals surface area contributed by atoms with E-state index in [9.17, 15) is 4.79 Å². The van der Waals surface area contributed by atoms with E-state index in [0.29, 0.717) is 4.95 Å². The predicted molar refractivity (Wildman–Crippen MR) is 109 cm³/mol. The van der Waals surface area contributed by atoms with Crippen LogP contribution in [0.25, 0.3) is 0 Å². The monoisotopic (exact) mass is 406 g/mol. The summed E-state index contributed by atoms with van der Waals surface area (Å²) in [5.41, 5.74) is 2.31. The van der Waals surface area contributed by atoms with Crippen LogP contribution >= 0.6 is 15.9 Å². The number of benzene rings is 1. The Kier molecular flexibility index (Phi) is 8.70. The summed E-state index contributed by atoms with van der Waals surface area (Å²) in [6, 6.07) is 9.58. The Hall–Kier alpha value is -1.13. The molecule has 1 fully saturated rings. The second-order valence-corrected chi connectivity index (χ2v) is 7.74. The lowest BCUT2D eigenvalue weighted by Gasteiger charge is -2.33. The van der Waals surface area contributed by atoms with Crippen LogP contribution in [0, 0.1) is 0 Å². The van der Waals surface area contributed by atoms with Crippen LogP contribution in [0.5, 0.6) is 0 Å². The summed E-state index contributed by atoms with van der Waals surface area (Å²) in [7, 11) is 0. The van der Waals surface area contributed by atoms with Gasteiger partial charge >= 0.3 is 0 Å². The smallest absolute Gasteiger partial charge is 0.253 e. The van der Waals surface area contributed by atoms with E-state index < -0.39 is 0 Å². The third-order valence-electron chi connectivity index (χ3n) is 4.87. The summed E-state index contributed by atoms with van der Waals surface area (Å²) in [5.74, 6) is 0.134. The fourth-order valence-corrected chi connectivity index (χ4v) is 4.09. The van der Waals surface area contributed by atoms with Gasteiger partial charge < -0.3 is 4.90 Å². The van der Waals surface area contributed by atoms with Crippen molar-refractivity contribution in [1.29, 1.82) is 0 Å². The van der Waals surface area contributed by atoms with E-state index in [0.717, 1.165) is 44.5 Å². The quantitative estimate of drug-likeness (QED) is 0.341. The highest BCUT2D eigenvalue weighted by molar-refractivity contribution is 9.09. The molecule has 25 heavy (non-hydrogen) atoms. The first kappa shape index (κ1) is 20.2. The SMILES string of the molecule is CCCCN1CC/C(=C\CCN(CC)C(=O)c2ccccc2)CC1Br. The van der Waals surface area contributed by atoms with Gasteiger partial charge in [0, 0.05) is 25.2 Å². The van der Waals surface area contributed by atoms with E-state index in [1.165, 1.54) is 25.0 Å². The van der Waals surface area contributed by atoms with Crippen LogP contribution in [0.1, 0.15) is 56.3 Å². The number of likely N-dealkylation sites (tertiary alicyclic amines) is 1. The van der Waals surface area contributed by atoms with Gasteiger partial charge in [0.2, 0.25) is 0 Å². The van der Waals surface area contributed by atoms with Crippen LogP contribution < -0.4 is 0 Å². The van der Waals surface area contributed by atoms with E-state index in [1.807, 2.05) is 35.2 Å². The number of amides is 1. The molecule has 1 amide bonds. The Morgan fingerprint density at radius 1 is 1.32 bits per heavy atom. The van der Waals surface area contributed by atoms with Crippen molar-refractivity contribution >= 4 is 21.8 Å². The Balaban J connectivity index is 1.82. The van der Waals surface area contributed by atoms with E-state index in [4.69, 9.17) is 0 Å². The minimum absolute atomic E-state index is 0.134. The number of piperidine rings is 1. The van der Waals surface area contributed by atoms with Crippen LogP contribution in [0.2, 0.25) is 0 Å². The summed E-state index contributed by atoms with van der Waals surface area (Å²) in [5, 5.41) is 0. The highest BCUT2D eigenvalue weighted by atomic mass is 79.9. The molecule has 0 radical (unpaired) electrons. The number of halogens is 1. The second kappa shape index (κ2) is 10.8. The zero-order valence-electron chi connectivity index (χ0n) is 15.6. The van der Waals surface area contributed by atoms with Crippen molar-refractivity contribution in [2.24, 2.45) is 0 Å². The highest BCUT2D eigenvalue weighted by Gasteiger charge is 2.21. The number of nitrogens with zero attached hydrogens (tertiary/aromatic N) is 2. The Morgan fingerprint density at radius 2 is 2.08 bits per heavy atom. The molecule has 1 aromatic rings. The molecule has 1 heterocycles. The van der Waals surface area contributed by atoms with Crippen LogP contribution in [-0.2, 0) is 0 Å². The van der Waals surface area contributed by atoms with Crippen LogP contribution in [-0.4, -0.2) is 46.8 Å². The fraction of sp³-hybridized carbons (Fsp3) is 0.571. The molecule has 0 bridgehead atoms. The summed E-state index contributed by atoms with van der Waals surface area (Å²) >= 11 is 3.83. The van der Waals surface area contributed by atoms with Gasteiger partial charge in [0.15, 0.2) is 0 Å². The minimum atomic E-state index is 0.134. The summed E-state index contributed by atoms with van der Waals surface area (Å²) in [6.07, 6.45) is 8.07. The standard InChI is InChI=1S/C21H31BrN2O/c1-3-5-14-24-16-13-18(17-20(24)22)10-9-15-23(4-2)21(25)19-11-7-6-8-12-19/h6-8,10-12,20H,3-5,9,13-17H2,1-2H3/b18-10+. The molecule has 0 N–H and O–H groups in total. The Bertz CT molecular complexity index is 558. The molecule has 4 heteroatoms. The lowest BCUT2D eigenvalue weighted by molar-refractivity contribution is 0.0767. The van der Waals surface area contributed by atoms with Gasteiger partial charge in [0.05, 0.1) is 4.95 Å². The van der Waals surface area contributed by atoms with E-state index in [1.54, 1.807) is 0 Å². The van der Waals surface area contributed by atoms with Gasteiger partial charge in [-0.15, -0.1) is 0 Å². The number of unbranched alkanes of at least 4 members (excludes halogenated alkanes) is 1. The molecule has 1 atom stereocenters. The first-order valence-electron chi connectivity index (χ1n) is 9.56. The molecule has 0 saturated carbocycles. The predicted octanol–water partition coefficient (Wildman–Crippen LogP) is 5.08. The summed E-state index contributed by atoms with van der Waals surface area (Å²) in [4.78, 5) is 17.5. The van der Waals surface area contributed by atoms with Crippen molar-refractivity contribution in [1.82, 2.24) is 9.80 Å². The number of alkyl halides is 1. The molecular formula is C21H31BrN2O. The van der Waals surface area contributed by atoms with Gasteiger partial charge in [-0.25, -0.2) is 0 Å². The molecule has 1 aromatic carbocycles. The number of carbonyl (C=O) groups excluding carboxylic acids is 1. The Labute approximate surface area is 161 Å². The maximum absolute atomic E-state index is 12.5. The van der Waals surface area contributed by atoms with Crippen molar-refractivity contribution < 1.29 is 4.79 Å². The van der Waals surface area contributed by atoms with Gasteiger partial charge in [-0.1, -0.05) is 59.1 Å². The van der Waals surface area contributed by atoms with Crippen molar-refractivity contribution in [3.05, 3.63) is 47.5 Å². The average molecular weight is 407 g/mol. The third-order valence-corrected chi connectivity index (χ3v) is 5.77. The molecule has 1 saturated heterocycles. The van der Waals surface area contributed by atoms with Crippen LogP contribution in [0.15, 0.2) is 42.0 Å². The molecule has 2 rings (SSSR count). The van der Waals surface area contributed by atoms with Gasteiger partial charge in [-0.2, -0.15) is 0 Å². The van der Waals surface area contributed by atoms with Gasteiger partial charge in [0.25, 0.3) is 5.91 Å². The third kappa shape index (κ3) is 6.27. The van der Waals surface area contributed by atoms with E-state index in [2.05, 4.69) is 40.8 Å². The summed E-state index contributed by atoms with van der Waals surface area (Å²) in [6.45, 7) is 8.17. The molecule has 0 aromatic heterocycles. The number of hydrogen-bond acceptors (Lipinski definition) is 2. The van der Waals surface area contributed by atoms with E-state index in [-0.39, 0.29) is 5.91 Å². The molecule has 0 spiro atoms. The largest absolute Gasteiger partial charge is 0.339 e. The normalized spacial score (nSPS) is 20.0. The van der Waals surface area contributed by atoms with Gasteiger partial charge in [0.1, 0.15) is 0 Å². The summed E-state index contributed by atoms with van der Waals surface area (Å²) < 4.78 is 0. The molecule has 138 valence electrons. The molecule has 1 aliphatic heterocycles. The van der Waals surface area contributed by atoms with Crippen molar-refractivity contribution in [3.63, 3.8) is 0 Å². The minimum Gasteiger partial charge on any atom is -0.339 e. The molecular weight excluding hydrogens is 376 g/mol. The zero-order chi connectivity index (χ0) is 18.1. The second-order valence-electron chi connectivity index (χ2n) is 6.68. The fourth-order valence-electron chi connectivity index (χ4n) is 3.26. The van der Waals surface area contributed by atoms with Gasteiger partial charge in [-0.3, -0.25) is 9.69 Å². The Morgan fingerprint density at radius 3 is 2.72 bits per heavy atom. The molecule has 0 aliphatic carbocycles. The molecule has 1 unspecified atom stereocenters. The van der Waals surface area contributed by atoms with Crippen LogP contribution in [0.3, 0.4) is 0 Å². The lowest BCUT2D eigenvalue weighted by atomic mass is 10.0. The molecule has 1 aliphatic rings. The van der Waals surface area contributed by atoms with E-state index >= 15 is 0 Å². The number of carbonyl (C=O) groups is 1. The maximum Gasteiger partial charge on any atom is 0.253 e. The van der Waals surface area contributed by atoms with Crippen molar-refractivity contribution in [2.45, 2.75) is 50.9 Å². The van der Waals surface area contributed by atoms with Gasteiger partial charge in [-0.05, 0) is 51.3 Å². The van der Waals surface area contributed by atoms with Crippen molar-refractivity contribution in [2.75, 3.05) is 26.2 Å². The first-order chi connectivity index (χ1) is 12.2. The van der Waals surface area contributed by atoms with Crippen molar-refractivity contribution in [3.8, 4) is 0 Å². The zero-order valence-corrected chi connectivity index (χ0v) is 17.2. The lowest BCUT2D eigenvalue weighted by Crippen LogP contribution is -2.37. The number of hydrogen-bond donors (Lipinski definition) is 0. The highest BCUT2D eigenvalue weighted by Crippen LogP contribution is 2.26. The number of rotatable bonds is 8. The first-order valence-corrected chi connectivity index (χ1v) is 10.5. The average Bonchev–Trinajstić information content (AvgIpc) is 2.65. The molecule has 3 nitrogen and oxygen atoms in total. The van der Waals surface area contributed by atoms with Crippen LogP contribution in [0.4, 0.5) is 0 Å². The maximum atomic E-state index is 12.5. The topological polar surface area (TPSA) is 23.6 Å².